The van der Waals surface area contributed by atoms with E-state index < -0.39 is 33.7 Å². The van der Waals surface area contributed by atoms with Crippen LogP contribution in [0.3, 0.4) is 0 Å². The lowest BCUT2D eigenvalue weighted by Crippen LogP contribution is -2.47. The van der Waals surface area contributed by atoms with E-state index in [4.69, 9.17) is 9.84 Å². The van der Waals surface area contributed by atoms with E-state index in [1.165, 1.54) is 6.08 Å². The predicted octanol–water partition coefficient (Wildman–Crippen LogP) is -0.570. The van der Waals surface area contributed by atoms with E-state index in [9.17, 15) is 18.0 Å². The smallest absolute Gasteiger partial charge is 0.328 e. The second kappa shape index (κ2) is 9.48. The number of hydrogen-bond acceptors (Lipinski definition) is 5. The Hall–Kier alpha value is -1.45. The van der Waals surface area contributed by atoms with E-state index in [1.807, 2.05) is 0 Å². The Bertz CT molecular complexity index is 458. The van der Waals surface area contributed by atoms with Crippen molar-refractivity contribution in [1.82, 2.24) is 9.62 Å². The van der Waals surface area contributed by atoms with Gasteiger partial charge in [-0.2, -0.15) is 0 Å². The summed E-state index contributed by atoms with van der Waals surface area (Å²) in [6.45, 7) is 7.08. The van der Waals surface area contributed by atoms with E-state index in [1.54, 1.807) is 13.8 Å². The average molecular weight is 322 g/mol. The number of nitrogens with zero attached hydrogens (tertiary/aromatic N) is 1. The summed E-state index contributed by atoms with van der Waals surface area (Å²) in [5.74, 6) is -2.97. The topological polar surface area (TPSA) is 113 Å². The lowest BCUT2D eigenvalue weighted by Gasteiger charge is -2.19. The van der Waals surface area contributed by atoms with Crippen LogP contribution < -0.4 is 5.32 Å². The standard InChI is InChI=1S/C12H22N2O6S/c1-4-7-20-8-10(12(16)17)13-11(15)9-21(18,19)14(5-2)6-3/h4,10H,1,5-9H2,2-3H3,(H,13,15)(H,16,17). The predicted molar refractivity (Wildman–Crippen MR) is 77.3 cm³/mol. The average Bonchev–Trinajstić information content (AvgIpc) is 2.37. The van der Waals surface area contributed by atoms with Crippen molar-refractivity contribution in [2.24, 2.45) is 0 Å². The van der Waals surface area contributed by atoms with Crippen molar-refractivity contribution < 1.29 is 27.9 Å². The Morgan fingerprint density at radius 2 is 1.95 bits per heavy atom. The number of amides is 1. The third kappa shape index (κ3) is 7.21. The Morgan fingerprint density at radius 1 is 1.38 bits per heavy atom. The summed E-state index contributed by atoms with van der Waals surface area (Å²) in [5, 5.41) is 11.1. The highest BCUT2D eigenvalue weighted by Crippen LogP contribution is 2.01. The van der Waals surface area contributed by atoms with Gasteiger partial charge in [0.05, 0.1) is 13.2 Å². The Balaban J connectivity index is 4.63. The molecule has 0 spiro atoms. The molecule has 9 heteroatoms. The van der Waals surface area contributed by atoms with Crippen LogP contribution in [0.15, 0.2) is 12.7 Å². The van der Waals surface area contributed by atoms with Gasteiger partial charge in [0, 0.05) is 13.1 Å². The van der Waals surface area contributed by atoms with Crippen molar-refractivity contribution >= 4 is 21.9 Å². The van der Waals surface area contributed by atoms with Gasteiger partial charge in [0.15, 0.2) is 6.04 Å². The molecule has 1 unspecified atom stereocenters. The minimum absolute atomic E-state index is 0.136. The number of nitrogens with one attached hydrogen (secondary N) is 1. The van der Waals surface area contributed by atoms with Crippen molar-refractivity contribution in [3.8, 4) is 0 Å². The van der Waals surface area contributed by atoms with Crippen LogP contribution in [0.1, 0.15) is 13.8 Å². The fraction of sp³-hybridized carbons (Fsp3) is 0.667. The van der Waals surface area contributed by atoms with E-state index in [-0.39, 0.29) is 26.3 Å². The van der Waals surface area contributed by atoms with Gasteiger partial charge in [0.2, 0.25) is 15.9 Å². The van der Waals surface area contributed by atoms with Crippen LogP contribution in [0.5, 0.6) is 0 Å². The molecule has 0 aliphatic carbocycles. The highest BCUT2D eigenvalue weighted by molar-refractivity contribution is 7.89. The second-order valence-electron chi connectivity index (χ2n) is 4.12. The van der Waals surface area contributed by atoms with Gasteiger partial charge in [-0.25, -0.2) is 17.5 Å². The van der Waals surface area contributed by atoms with Gasteiger partial charge in [-0.05, 0) is 0 Å². The summed E-state index contributed by atoms with van der Waals surface area (Å²) >= 11 is 0. The highest BCUT2D eigenvalue weighted by atomic mass is 32.2. The first-order valence-corrected chi connectivity index (χ1v) is 8.08. The van der Waals surface area contributed by atoms with Gasteiger partial charge in [-0.15, -0.1) is 6.58 Å². The first kappa shape index (κ1) is 19.6. The van der Waals surface area contributed by atoms with Crippen LogP contribution in [0.2, 0.25) is 0 Å². The van der Waals surface area contributed by atoms with E-state index >= 15 is 0 Å². The van der Waals surface area contributed by atoms with Gasteiger partial charge in [0.25, 0.3) is 0 Å². The normalized spacial score (nSPS) is 12.9. The Morgan fingerprint density at radius 3 is 2.38 bits per heavy atom. The van der Waals surface area contributed by atoms with Crippen LogP contribution in [0.25, 0.3) is 0 Å². The Labute approximate surface area is 124 Å². The molecule has 0 aliphatic heterocycles. The van der Waals surface area contributed by atoms with E-state index in [2.05, 4.69) is 11.9 Å². The summed E-state index contributed by atoms with van der Waals surface area (Å²) in [6, 6.07) is -1.30. The zero-order chi connectivity index (χ0) is 16.5. The fourth-order valence-corrected chi connectivity index (χ4v) is 2.94. The van der Waals surface area contributed by atoms with Crippen molar-refractivity contribution in [3.05, 3.63) is 12.7 Å². The van der Waals surface area contributed by atoms with Crippen molar-refractivity contribution in [2.45, 2.75) is 19.9 Å². The number of carbonyl (C=O) groups is 2. The number of carbonyl (C=O) groups excluding carboxylic acids is 1. The van der Waals surface area contributed by atoms with Gasteiger partial charge in [-0.3, -0.25) is 4.79 Å². The molecule has 21 heavy (non-hydrogen) atoms. The molecular weight excluding hydrogens is 300 g/mol. The monoisotopic (exact) mass is 322 g/mol. The molecule has 0 fully saturated rings. The van der Waals surface area contributed by atoms with Crippen molar-refractivity contribution in [2.75, 3.05) is 32.1 Å². The van der Waals surface area contributed by atoms with Crippen molar-refractivity contribution in [1.29, 1.82) is 0 Å². The molecular formula is C12H22N2O6S. The number of ether oxygens (including phenoxy) is 1. The maximum absolute atomic E-state index is 11.9. The van der Waals surface area contributed by atoms with Gasteiger partial charge < -0.3 is 15.2 Å². The van der Waals surface area contributed by atoms with Crippen LogP contribution in [-0.2, 0) is 24.3 Å². The van der Waals surface area contributed by atoms with E-state index in [0.29, 0.717) is 0 Å². The van der Waals surface area contributed by atoms with Crippen LogP contribution in [-0.4, -0.2) is 67.8 Å². The number of aliphatic carboxylic acids is 1. The summed E-state index contributed by atoms with van der Waals surface area (Å²) in [6.07, 6.45) is 1.44. The molecule has 0 heterocycles. The maximum atomic E-state index is 11.9. The molecule has 0 saturated heterocycles. The number of hydrogen-bond donors (Lipinski definition) is 2. The molecule has 0 radical (unpaired) electrons. The van der Waals surface area contributed by atoms with Crippen LogP contribution >= 0.6 is 0 Å². The number of carboxylic acid groups (broad SMARTS) is 1. The van der Waals surface area contributed by atoms with Gasteiger partial charge in [-0.1, -0.05) is 19.9 Å². The molecule has 0 saturated carbocycles. The zero-order valence-electron chi connectivity index (χ0n) is 12.2. The van der Waals surface area contributed by atoms with E-state index in [0.717, 1.165) is 4.31 Å². The first-order valence-electron chi connectivity index (χ1n) is 6.47. The number of carboxylic acids is 1. The lowest BCUT2D eigenvalue weighted by molar-refractivity contribution is -0.143. The summed E-state index contributed by atoms with van der Waals surface area (Å²) < 4.78 is 29.9. The molecule has 0 rings (SSSR count). The van der Waals surface area contributed by atoms with Gasteiger partial charge in [0.1, 0.15) is 5.75 Å². The summed E-state index contributed by atoms with van der Waals surface area (Å²) in [4.78, 5) is 22.6. The molecule has 0 aromatic rings. The third-order valence-corrected chi connectivity index (χ3v) is 4.50. The highest BCUT2D eigenvalue weighted by Gasteiger charge is 2.26. The molecule has 122 valence electrons. The quantitative estimate of drug-likeness (QED) is 0.389. The maximum Gasteiger partial charge on any atom is 0.328 e. The number of rotatable bonds is 11. The Kier molecular flexibility index (Phi) is 8.83. The molecule has 0 bridgehead atoms. The first-order chi connectivity index (χ1) is 9.78. The SMILES string of the molecule is C=CCOCC(NC(=O)CS(=O)(=O)N(CC)CC)C(=O)O. The minimum atomic E-state index is -3.75. The second-order valence-corrected chi connectivity index (χ2v) is 6.09. The molecule has 0 aromatic heterocycles. The van der Waals surface area contributed by atoms with Gasteiger partial charge >= 0.3 is 5.97 Å². The molecule has 8 nitrogen and oxygen atoms in total. The van der Waals surface area contributed by atoms with Crippen LogP contribution in [0.4, 0.5) is 0 Å². The molecule has 1 amide bonds. The zero-order valence-corrected chi connectivity index (χ0v) is 13.1. The molecule has 2 N–H and O–H groups in total. The molecule has 0 aliphatic rings. The lowest BCUT2D eigenvalue weighted by atomic mass is 10.3. The minimum Gasteiger partial charge on any atom is -0.480 e. The third-order valence-electron chi connectivity index (χ3n) is 2.57. The largest absolute Gasteiger partial charge is 0.480 e. The van der Waals surface area contributed by atoms with Crippen molar-refractivity contribution in [3.63, 3.8) is 0 Å². The summed E-state index contributed by atoms with van der Waals surface area (Å²) in [7, 11) is -3.75. The van der Waals surface area contributed by atoms with Crippen LogP contribution in [0, 0.1) is 0 Å². The number of sulfonamides is 1. The summed E-state index contributed by atoms with van der Waals surface area (Å²) in [5.41, 5.74) is 0. The molecule has 0 aromatic carbocycles. The molecule has 1 atom stereocenters. The fourth-order valence-electron chi connectivity index (χ4n) is 1.55.